The molecule has 4 saturated carbocycles. The molecule has 0 radical (unpaired) electrons. The lowest BCUT2D eigenvalue weighted by atomic mass is 9.52. The van der Waals surface area contributed by atoms with E-state index in [0.717, 1.165) is 32.1 Å². The van der Waals surface area contributed by atoms with Gasteiger partial charge in [0.05, 0.1) is 24.9 Å². The van der Waals surface area contributed by atoms with Crippen molar-refractivity contribution in [2.75, 3.05) is 19.8 Å². The van der Waals surface area contributed by atoms with E-state index in [4.69, 9.17) is 19.9 Å². The number of ether oxygens (including phenoxy) is 3. The Hall–Kier alpha value is -3.24. The average Bonchev–Trinajstić information content (AvgIpc) is 3.43. The predicted octanol–water partition coefficient (Wildman–Crippen LogP) is 3.39. The molecule has 1 aliphatic heterocycles. The van der Waals surface area contributed by atoms with Gasteiger partial charge in [0.1, 0.15) is 17.8 Å². The van der Waals surface area contributed by atoms with E-state index >= 15 is 0 Å². The quantitative estimate of drug-likeness (QED) is 0.500. The van der Waals surface area contributed by atoms with E-state index in [0.29, 0.717) is 37.1 Å². The van der Waals surface area contributed by atoms with Crippen molar-refractivity contribution in [3.63, 3.8) is 0 Å². The highest BCUT2D eigenvalue weighted by molar-refractivity contribution is 5.96. The summed E-state index contributed by atoms with van der Waals surface area (Å²) in [7, 11) is 0. The molecule has 2 unspecified atom stereocenters. The molecule has 6 rings (SSSR count). The number of carbonyl (C=O) groups excluding carboxylic acids is 3. The van der Waals surface area contributed by atoms with Crippen molar-refractivity contribution < 1.29 is 28.6 Å². The first kappa shape index (κ1) is 26.4. The highest BCUT2D eigenvalue weighted by Gasteiger charge is 2.57. The lowest BCUT2D eigenvalue weighted by molar-refractivity contribution is -0.137. The summed E-state index contributed by atoms with van der Waals surface area (Å²) >= 11 is 0. The van der Waals surface area contributed by atoms with Crippen LogP contribution in [0.4, 0.5) is 9.59 Å². The van der Waals surface area contributed by atoms with E-state index in [1.807, 2.05) is 33.8 Å². The summed E-state index contributed by atoms with van der Waals surface area (Å²) in [6, 6.07) is 0.000560. The van der Waals surface area contributed by atoms with Crippen LogP contribution in [0, 0.1) is 23.7 Å². The molecule has 5 fully saturated rings. The van der Waals surface area contributed by atoms with Crippen LogP contribution in [0.5, 0.6) is 5.88 Å². The van der Waals surface area contributed by atoms with Gasteiger partial charge >= 0.3 is 12.2 Å². The molecule has 2 atom stereocenters. The maximum Gasteiger partial charge on any atom is 0.410 e. The van der Waals surface area contributed by atoms with Crippen LogP contribution in [0.1, 0.15) is 70.2 Å². The Kier molecular flexibility index (Phi) is 6.81. The minimum Gasteiger partial charge on any atom is -0.477 e. The van der Waals surface area contributed by atoms with Crippen molar-refractivity contribution in [3.05, 3.63) is 17.8 Å². The second kappa shape index (κ2) is 9.81. The van der Waals surface area contributed by atoms with Crippen LogP contribution in [0.25, 0.3) is 6.20 Å². The highest BCUT2D eigenvalue weighted by atomic mass is 16.6. The van der Waals surface area contributed by atoms with Crippen LogP contribution in [-0.2, 0) is 9.47 Å². The number of aromatic nitrogens is 2. The number of nitrogens with zero attached hydrogens (tertiary/aromatic N) is 3. The van der Waals surface area contributed by atoms with Gasteiger partial charge in [-0.3, -0.25) is 9.69 Å². The maximum atomic E-state index is 13.6. The van der Waals surface area contributed by atoms with Crippen LogP contribution >= 0.6 is 0 Å². The topological polar surface area (TPSA) is 138 Å². The molecular weight excluding hydrogens is 490 g/mol. The van der Waals surface area contributed by atoms with Gasteiger partial charge in [-0.1, -0.05) is 13.8 Å². The zero-order valence-corrected chi connectivity index (χ0v) is 22.6. The van der Waals surface area contributed by atoms with E-state index in [9.17, 15) is 14.4 Å². The molecule has 4 bridgehead atoms. The van der Waals surface area contributed by atoms with Crippen LogP contribution in [0.2, 0.25) is 0 Å². The number of hydrogen-bond donors (Lipinski definition) is 2. The summed E-state index contributed by atoms with van der Waals surface area (Å²) in [6.07, 6.45) is 8.37. The molecule has 11 nitrogen and oxygen atoms in total. The summed E-state index contributed by atoms with van der Waals surface area (Å²) in [4.78, 5) is 38.9. The van der Waals surface area contributed by atoms with E-state index in [2.05, 4.69) is 10.4 Å². The number of nitrogens with two attached hydrogens (primary N) is 1. The fourth-order valence-electron chi connectivity index (χ4n) is 7.02. The molecule has 2 heterocycles. The maximum absolute atomic E-state index is 13.6. The fraction of sp³-hybridized carbons (Fsp3) is 0.704. The number of carbonyl (C=O) groups is 3. The Morgan fingerprint density at radius 2 is 2.00 bits per heavy atom. The zero-order chi connectivity index (χ0) is 27.2. The lowest BCUT2D eigenvalue weighted by Gasteiger charge is -2.58. The summed E-state index contributed by atoms with van der Waals surface area (Å²) in [5.74, 6) is 1.35. The molecule has 11 heteroatoms. The minimum atomic E-state index is -0.718. The van der Waals surface area contributed by atoms with Gasteiger partial charge in [-0.25, -0.2) is 14.3 Å². The highest BCUT2D eigenvalue weighted by Crippen LogP contribution is 2.57. The third kappa shape index (κ3) is 5.07. The summed E-state index contributed by atoms with van der Waals surface area (Å²) in [5, 5.41) is 7.71. The van der Waals surface area contributed by atoms with E-state index < -0.39 is 17.2 Å². The number of rotatable bonds is 9. The Bertz CT molecular complexity index is 1110. The van der Waals surface area contributed by atoms with Crippen molar-refractivity contribution in [3.8, 4) is 5.88 Å². The molecule has 0 aromatic carbocycles. The molecule has 3 N–H and O–H groups in total. The van der Waals surface area contributed by atoms with Crippen molar-refractivity contribution >= 4 is 24.3 Å². The second-order valence-electron chi connectivity index (χ2n) is 12.3. The fourth-order valence-corrected chi connectivity index (χ4v) is 7.02. The molecule has 3 amide bonds. The van der Waals surface area contributed by atoms with E-state index in [1.165, 1.54) is 6.20 Å². The largest absolute Gasteiger partial charge is 0.477 e. The number of amides is 3. The molecule has 1 saturated heterocycles. The molecule has 1 aromatic heterocycles. The van der Waals surface area contributed by atoms with Crippen molar-refractivity contribution in [1.29, 1.82) is 0 Å². The minimum absolute atomic E-state index is 0.000560. The molecule has 1 aromatic rings. The van der Waals surface area contributed by atoms with Crippen molar-refractivity contribution in [1.82, 2.24) is 20.0 Å². The van der Waals surface area contributed by atoms with E-state index in [1.54, 1.807) is 15.8 Å². The molecule has 4 aliphatic carbocycles. The summed E-state index contributed by atoms with van der Waals surface area (Å²) in [5.41, 5.74) is 4.65. The van der Waals surface area contributed by atoms with Gasteiger partial charge in [-0.15, -0.1) is 0 Å². The van der Waals surface area contributed by atoms with Gasteiger partial charge in [0.2, 0.25) is 5.88 Å². The number of hydrogen-bond acceptors (Lipinski definition) is 7. The first-order valence-corrected chi connectivity index (χ1v) is 13.6. The Balaban J connectivity index is 1.34. The molecular formula is C27H39N5O6. The third-order valence-corrected chi connectivity index (χ3v) is 8.46. The SMILES string of the molecule is CC(C)COc1c(C(=O)NC2C3CC4CC2CC(OC(N)=O)(C4)C3)cnn1C=CC(C)(C)N1CCOC1=O. The van der Waals surface area contributed by atoms with Crippen LogP contribution in [0.3, 0.4) is 0 Å². The number of cyclic esters (lactones) is 1. The molecule has 38 heavy (non-hydrogen) atoms. The molecule has 208 valence electrons. The molecule has 0 spiro atoms. The van der Waals surface area contributed by atoms with E-state index in [-0.39, 0.29) is 35.8 Å². The normalized spacial score (nSPS) is 30.2. The Labute approximate surface area is 223 Å². The zero-order valence-electron chi connectivity index (χ0n) is 22.6. The van der Waals surface area contributed by atoms with Gasteiger partial charge in [0.25, 0.3) is 5.91 Å². The molecule has 5 aliphatic rings. The number of primary amides is 1. The van der Waals surface area contributed by atoms with Gasteiger partial charge < -0.3 is 25.3 Å². The average molecular weight is 530 g/mol. The first-order chi connectivity index (χ1) is 18.0. The van der Waals surface area contributed by atoms with Gasteiger partial charge in [-0.05, 0) is 75.7 Å². The first-order valence-electron chi connectivity index (χ1n) is 13.6. The Morgan fingerprint density at radius 3 is 2.61 bits per heavy atom. The second-order valence-corrected chi connectivity index (χ2v) is 12.3. The van der Waals surface area contributed by atoms with Crippen LogP contribution < -0.4 is 15.8 Å². The Morgan fingerprint density at radius 1 is 1.29 bits per heavy atom. The predicted molar refractivity (Wildman–Crippen MR) is 138 cm³/mol. The van der Waals surface area contributed by atoms with Crippen molar-refractivity contribution in [2.45, 2.75) is 77.0 Å². The van der Waals surface area contributed by atoms with Gasteiger partial charge in [-0.2, -0.15) is 5.10 Å². The van der Waals surface area contributed by atoms with Gasteiger partial charge in [0.15, 0.2) is 0 Å². The van der Waals surface area contributed by atoms with Crippen molar-refractivity contribution in [2.24, 2.45) is 29.4 Å². The summed E-state index contributed by atoms with van der Waals surface area (Å²) in [6.45, 7) is 9.21. The van der Waals surface area contributed by atoms with Crippen LogP contribution in [-0.4, -0.2) is 69.7 Å². The van der Waals surface area contributed by atoms with Gasteiger partial charge in [0, 0.05) is 12.2 Å². The summed E-state index contributed by atoms with van der Waals surface area (Å²) < 4.78 is 18.3. The smallest absolute Gasteiger partial charge is 0.410 e. The van der Waals surface area contributed by atoms with Crippen LogP contribution in [0.15, 0.2) is 12.3 Å². The number of nitrogens with one attached hydrogen (secondary N) is 1. The third-order valence-electron chi connectivity index (χ3n) is 8.46. The monoisotopic (exact) mass is 529 g/mol. The lowest BCUT2D eigenvalue weighted by Crippen LogP contribution is -2.63. The standard InChI is InChI=1S/C27H39N5O6/c1-16(2)15-37-23-20(14-29-32(23)6-5-26(3,4)31-7-8-36-25(31)35)22(33)30-21-18-9-17-10-19(21)13-27(11-17,12-18)38-24(28)34/h5-6,14,16-19,21H,7-13,15H2,1-4H3,(H2,28,34)(H,30,33).